The summed E-state index contributed by atoms with van der Waals surface area (Å²) >= 11 is 0. The fourth-order valence-corrected chi connectivity index (χ4v) is 2.51. The third kappa shape index (κ3) is 2.31. The largest absolute Gasteiger partial charge is 0.391 e. The molecule has 5 heteroatoms. The van der Waals surface area contributed by atoms with Crippen LogP contribution in [0.15, 0.2) is 24.4 Å². The van der Waals surface area contributed by atoms with Crippen molar-refractivity contribution in [2.75, 3.05) is 5.32 Å². The van der Waals surface area contributed by atoms with E-state index in [4.69, 9.17) is 0 Å². The Morgan fingerprint density at radius 1 is 1.22 bits per heavy atom. The molecule has 1 aliphatic carbocycles. The van der Waals surface area contributed by atoms with Crippen molar-refractivity contribution in [1.82, 2.24) is 14.6 Å². The van der Waals surface area contributed by atoms with Gasteiger partial charge in [0.15, 0.2) is 5.65 Å². The predicted molar refractivity (Wildman–Crippen MR) is 69.5 cm³/mol. The summed E-state index contributed by atoms with van der Waals surface area (Å²) in [6.07, 6.45) is 6.89. The van der Waals surface area contributed by atoms with E-state index < -0.39 is 0 Å². The molecular formula is C13H18N4O. The number of aliphatic hydroxyl groups excluding tert-OH is 1. The molecule has 2 unspecified atom stereocenters. The van der Waals surface area contributed by atoms with Crippen LogP contribution in [0.4, 0.5) is 5.95 Å². The maximum atomic E-state index is 10.1. The van der Waals surface area contributed by atoms with Crippen LogP contribution in [0, 0.1) is 0 Å². The predicted octanol–water partition coefficient (Wildman–Crippen LogP) is 1.83. The number of aromatic nitrogens is 3. The summed E-state index contributed by atoms with van der Waals surface area (Å²) in [5.41, 5.74) is 0.822. The van der Waals surface area contributed by atoms with Crippen molar-refractivity contribution in [3.63, 3.8) is 0 Å². The van der Waals surface area contributed by atoms with Gasteiger partial charge in [0.1, 0.15) is 0 Å². The number of nitrogens with one attached hydrogen (secondary N) is 1. The molecule has 96 valence electrons. The molecule has 1 fully saturated rings. The quantitative estimate of drug-likeness (QED) is 0.794. The van der Waals surface area contributed by atoms with E-state index >= 15 is 0 Å². The first-order valence-corrected chi connectivity index (χ1v) is 6.59. The van der Waals surface area contributed by atoms with E-state index in [1.807, 2.05) is 24.4 Å². The molecule has 1 aliphatic rings. The van der Waals surface area contributed by atoms with Gasteiger partial charge >= 0.3 is 0 Å². The molecule has 0 radical (unpaired) electrons. The normalized spacial score (nSPS) is 24.9. The van der Waals surface area contributed by atoms with Crippen LogP contribution in [0.2, 0.25) is 0 Å². The lowest BCUT2D eigenvalue weighted by atomic mass is 10.1. The summed E-state index contributed by atoms with van der Waals surface area (Å²) in [7, 11) is 0. The minimum atomic E-state index is -0.292. The first kappa shape index (κ1) is 11.5. The minimum Gasteiger partial charge on any atom is -0.391 e. The first-order valence-electron chi connectivity index (χ1n) is 6.59. The summed E-state index contributed by atoms with van der Waals surface area (Å²) in [6.45, 7) is 0. The zero-order valence-corrected chi connectivity index (χ0v) is 10.3. The maximum absolute atomic E-state index is 10.1. The van der Waals surface area contributed by atoms with Gasteiger partial charge in [0.2, 0.25) is 5.95 Å². The fourth-order valence-electron chi connectivity index (χ4n) is 2.51. The molecule has 2 aromatic heterocycles. The lowest BCUT2D eigenvalue weighted by Crippen LogP contribution is -2.32. The van der Waals surface area contributed by atoms with Gasteiger partial charge in [0.05, 0.1) is 12.1 Å². The molecule has 1 saturated carbocycles. The molecule has 5 nitrogen and oxygen atoms in total. The lowest BCUT2D eigenvalue weighted by Gasteiger charge is -2.20. The van der Waals surface area contributed by atoms with Crippen molar-refractivity contribution in [2.24, 2.45) is 0 Å². The van der Waals surface area contributed by atoms with Gasteiger partial charge in [-0.1, -0.05) is 25.3 Å². The number of nitrogens with zero attached hydrogens (tertiary/aromatic N) is 3. The highest BCUT2D eigenvalue weighted by Crippen LogP contribution is 2.20. The molecule has 0 aromatic carbocycles. The van der Waals surface area contributed by atoms with E-state index in [2.05, 4.69) is 15.4 Å². The molecule has 2 atom stereocenters. The van der Waals surface area contributed by atoms with Crippen molar-refractivity contribution in [3.05, 3.63) is 24.4 Å². The molecule has 0 saturated heterocycles. The van der Waals surface area contributed by atoms with Crippen LogP contribution in [0.3, 0.4) is 0 Å². The molecular weight excluding hydrogens is 228 g/mol. The molecule has 18 heavy (non-hydrogen) atoms. The van der Waals surface area contributed by atoms with E-state index in [0.29, 0.717) is 5.95 Å². The number of anilines is 1. The van der Waals surface area contributed by atoms with Gasteiger partial charge in [-0.25, -0.2) is 4.52 Å². The van der Waals surface area contributed by atoms with Crippen molar-refractivity contribution in [3.8, 4) is 0 Å². The Labute approximate surface area is 106 Å². The summed E-state index contributed by atoms with van der Waals surface area (Å²) in [5, 5.41) is 17.7. The van der Waals surface area contributed by atoms with E-state index in [-0.39, 0.29) is 12.1 Å². The summed E-state index contributed by atoms with van der Waals surface area (Å²) in [5.74, 6) is 0.604. The zero-order chi connectivity index (χ0) is 12.4. The van der Waals surface area contributed by atoms with Crippen LogP contribution in [0.25, 0.3) is 5.65 Å². The highest BCUT2D eigenvalue weighted by atomic mass is 16.3. The molecule has 0 aliphatic heterocycles. The second kappa shape index (κ2) is 4.94. The van der Waals surface area contributed by atoms with Crippen LogP contribution in [-0.4, -0.2) is 31.9 Å². The number of rotatable bonds is 2. The SMILES string of the molecule is OC1CCCCCC1Nc1nc2ccccn2n1. The molecule has 0 bridgehead atoms. The second-order valence-electron chi connectivity index (χ2n) is 4.90. The fraction of sp³-hybridized carbons (Fsp3) is 0.538. The lowest BCUT2D eigenvalue weighted by molar-refractivity contribution is 0.144. The molecule has 0 spiro atoms. The van der Waals surface area contributed by atoms with Crippen molar-refractivity contribution in [2.45, 2.75) is 44.2 Å². The van der Waals surface area contributed by atoms with Crippen LogP contribution in [0.5, 0.6) is 0 Å². The van der Waals surface area contributed by atoms with Gasteiger partial charge in [-0.15, -0.1) is 5.10 Å². The van der Waals surface area contributed by atoms with Crippen LogP contribution in [0.1, 0.15) is 32.1 Å². The minimum absolute atomic E-state index is 0.0740. The Kier molecular flexibility index (Phi) is 3.15. The third-order valence-electron chi connectivity index (χ3n) is 3.54. The molecule has 2 heterocycles. The average molecular weight is 246 g/mol. The van der Waals surface area contributed by atoms with Crippen LogP contribution in [-0.2, 0) is 0 Å². The van der Waals surface area contributed by atoms with Crippen molar-refractivity contribution >= 4 is 11.6 Å². The Morgan fingerprint density at radius 2 is 2.11 bits per heavy atom. The van der Waals surface area contributed by atoms with E-state index in [1.165, 1.54) is 6.42 Å². The monoisotopic (exact) mass is 246 g/mol. The highest BCUT2D eigenvalue weighted by Gasteiger charge is 2.22. The Morgan fingerprint density at radius 3 is 3.00 bits per heavy atom. The van der Waals surface area contributed by atoms with Gasteiger partial charge in [-0.3, -0.25) is 0 Å². The smallest absolute Gasteiger partial charge is 0.243 e. The molecule has 2 N–H and O–H groups in total. The topological polar surface area (TPSA) is 62.5 Å². The highest BCUT2D eigenvalue weighted by molar-refractivity contribution is 5.43. The molecule has 2 aromatic rings. The molecule has 0 amide bonds. The Balaban J connectivity index is 1.78. The number of fused-ring (bicyclic) bond motifs is 1. The maximum Gasteiger partial charge on any atom is 0.243 e. The van der Waals surface area contributed by atoms with E-state index in [0.717, 1.165) is 31.3 Å². The van der Waals surface area contributed by atoms with Gasteiger partial charge < -0.3 is 10.4 Å². The number of aliphatic hydroxyl groups is 1. The summed E-state index contributed by atoms with van der Waals surface area (Å²) in [4.78, 5) is 4.40. The van der Waals surface area contributed by atoms with Crippen LogP contribution < -0.4 is 5.32 Å². The van der Waals surface area contributed by atoms with Crippen molar-refractivity contribution in [1.29, 1.82) is 0 Å². The zero-order valence-electron chi connectivity index (χ0n) is 10.3. The van der Waals surface area contributed by atoms with E-state index in [9.17, 15) is 5.11 Å². The third-order valence-corrected chi connectivity index (χ3v) is 3.54. The van der Waals surface area contributed by atoms with Gasteiger partial charge in [-0.05, 0) is 25.0 Å². The summed E-state index contributed by atoms with van der Waals surface area (Å²) in [6, 6.07) is 5.85. The molecule has 3 rings (SSSR count). The first-order chi connectivity index (χ1) is 8.83. The van der Waals surface area contributed by atoms with Crippen molar-refractivity contribution < 1.29 is 5.11 Å². The van der Waals surface area contributed by atoms with Gasteiger partial charge in [0.25, 0.3) is 0 Å². The standard InChI is InChI=1S/C13H18N4O/c18-11-7-3-1-2-6-10(11)14-13-15-12-8-4-5-9-17(12)16-13/h4-5,8-11,18H,1-3,6-7H2,(H,14,16). The number of hydrogen-bond donors (Lipinski definition) is 2. The number of hydrogen-bond acceptors (Lipinski definition) is 4. The number of pyridine rings is 1. The van der Waals surface area contributed by atoms with Gasteiger partial charge in [0, 0.05) is 6.20 Å². The summed E-state index contributed by atoms with van der Waals surface area (Å²) < 4.78 is 1.74. The second-order valence-corrected chi connectivity index (χ2v) is 4.90. The average Bonchev–Trinajstić information content (AvgIpc) is 2.68. The Hall–Kier alpha value is -1.62. The van der Waals surface area contributed by atoms with Gasteiger partial charge in [-0.2, -0.15) is 4.98 Å². The Bertz CT molecular complexity index is 491. The van der Waals surface area contributed by atoms with Crippen LogP contribution >= 0.6 is 0 Å². The van der Waals surface area contributed by atoms with E-state index in [1.54, 1.807) is 4.52 Å².